The van der Waals surface area contributed by atoms with Gasteiger partial charge >= 0.3 is 0 Å². The van der Waals surface area contributed by atoms with Gasteiger partial charge in [-0.1, -0.05) is 6.07 Å². The summed E-state index contributed by atoms with van der Waals surface area (Å²) in [5.74, 6) is 0.579. The van der Waals surface area contributed by atoms with E-state index in [0.29, 0.717) is 42.3 Å². The summed E-state index contributed by atoms with van der Waals surface area (Å²) in [6.07, 6.45) is 4.52. The zero-order chi connectivity index (χ0) is 18.1. The zero-order valence-corrected chi connectivity index (χ0v) is 14.9. The molecule has 136 valence electrons. The second-order valence-electron chi connectivity index (χ2n) is 6.98. The number of carbonyl (C=O) groups is 1. The highest BCUT2D eigenvalue weighted by atomic mass is 16.2. The van der Waals surface area contributed by atoms with Gasteiger partial charge in [0.15, 0.2) is 5.82 Å². The minimum Gasteiger partial charge on any atom is -0.335 e. The number of fused-ring (bicyclic) bond motifs is 1. The first-order valence-corrected chi connectivity index (χ1v) is 9.20. The third kappa shape index (κ3) is 3.14. The minimum atomic E-state index is -0.129. The number of likely N-dealkylation sites (tertiary alicyclic amines) is 1. The average molecular weight is 353 g/mol. The normalized spacial score (nSPS) is 18.6. The molecule has 0 saturated carbocycles. The molecule has 4 rings (SSSR count). The molecule has 2 aliphatic heterocycles. The van der Waals surface area contributed by atoms with Crippen molar-refractivity contribution in [2.24, 2.45) is 0 Å². The number of carbonyl (C=O) groups excluding carboxylic acids is 1. The number of hydrogen-bond acceptors (Lipinski definition) is 5. The van der Waals surface area contributed by atoms with Crippen molar-refractivity contribution in [3.05, 3.63) is 46.0 Å². The largest absolute Gasteiger partial charge is 0.335 e. The predicted octanol–water partition coefficient (Wildman–Crippen LogP) is 1.20. The van der Waals surface area contributed by atoms with Gasteiger partial charge in [-0.05, 0) is 51.4 Å². The highest BCUT2D eigenvalue weighted by Gasteiger charge is 2.31. The molecule has 0 radical (unpaired) electrons. The third-order valence-corrected chi connectivity index (χ3v) is 5.34. The van der Waals surface area contributed by atoms with Gasteiger partial charge < -0.3 is 9.88 Å². The van der Waals surface area contributed by atoms with Crippen molar-refractivity contribution in [2.45, 2.75) is 38.8 Å². The Morgan fingerprint density at radius 3 is 2.77 bits per heavy atom. The van der Waals surface area contributed by atoms with Crippen LogP contribution in [0.25, 0.3) is 11.5 Å². The lowest BCUT2D eigenvalue weighted by Gasteiger charge is -2.33. The monoisotopic (exact) mass is 353 g/mol. The summed E-state index contributed by atoms with van der Waals surface area (Å²) in [7, 11) is 0. The summed E-state index contributed by atoms with van der Waals surface area (Å²) in [6, 6.07) is 5.37. The van der Waals surface area contributed by atoms with Gasteiger partial charge in [-0.3, -0.25) is 19.5 Å². The summed E-state index contributed by atoms with van der Waals surface area (Å²) >= 11 is 0. The van der Waals surface area contributed by atoms with E-state index >= 15 is 0 Å². The molecule has 1 amide bonds. The fraction of sp³-hybridized carbons (Fsp3) is 0.474. The Balaban J connectivity index is 1.58. The topological polar surface area (TPSA) is 82.2 Å². The van der Waals surface area contributed by atoms with Crippen LogP contribution < -0.4 is 5.56 Å². The van der Waals surface area contributed by atoms with Crippen LogP contribution >= 0.6 is 0 Å². The van der Waals surface area contributed by atoms with Crippen LogP contribution in [-0.4, -0.2) is 56.3 Å². The lowest BCUT2D eigenvalue weighted by molar-refractivity contribution is -0.137. The average Bonchev–Trinajstić information content (AvgIpc) is 3.22. The molecular formula is C19H23N5O2. The highest BCUT2D eigenvalue weighted by molar-refractivity contribution is 5.81. The Labute approximate surface area is 152 Å². The van der Waals surface area contributed by atoms with Gasteiger partial charge in [-0.2, -0.15) is 0 Å². The van der Waals surface area contributed by atoms with Gasteiger partial charge in [0.1, 0.15) is 5.69 Å². The number of aromatic amines is 1. The van der Waals surface area contributed by atoms with Gasteiger partial charge in [-0.25, -0.2) is 4.98 Å². The van der Waals surface area contributed by atoms with Gasteiger partial charge in [0.05, 0.1) is 18.3 Å². The molecule has 1 fully saturated rings. The van der Waals surface area contributed by atoms with Crippen LogP contribution in [0.1, 0.15) is 31.0 Å². The molecule has 0 bridgehead atoms. The molecule has 2 aromatic heterocycles. The van der Waals surface area contributed by atoms with E-state index < -0.39 is 0 Å². The van der Waals surface area contributed by atoms with Crippen LogP contribution in [-0.2, 0) is 17.8 Å². The standard InChI is InChI=1S/C19H23N5O2/c1-13(23-9-4-5-10-23)19(26)24-11-7-14-16(12-24)21-17(22-18(14)25)15-6-2-3-8-20-15/h2-3,6,8,13H,4-5,7,9-12H2,1H3,(H,21,22,25)/t13-/m0/s1. The summed E-state index contributed by atoms with van der Waals surface area (Å²) in [4.78, 5) is 41.1. The number of H-pyrrole nitrogens is 1. The Hall–Kier alpha value is -2.54. The van der Waals surface area contributed by atoms with Gasteiger partial charge in [0, 0.05) is 18.3 Å². The lowest BCUT2D eigenvalue weighted by atomic mass is 10.1. The van der Waals surface area contributed by atoms with Crippen LogP contribution in [0.4, 0.5) is 0 Å². The van der Waals surface area contributed by atoms with Crippen molar-refractivity contribution in [1.82, 2.24) is 24.8 Å². The third-order valence-electron chi connectivity index (χ3n) is 5.34. The summed E-state index contributed by atoms with van der Waals surface area (Å²) < 4.78 is 0. The van der Waals surface area contributed by atoms with E-state index in [0.717, 1.165) is 25.9 Å². The van der Waals surface area contributed by atoms with E-state index in [1.165, 1.54) is 0 Å². The molecule has 0 spiro atoms. The first-order valence-electron chi connectivity index (χ1n) is 9.20. The molecule has 0 unspecified atom stereocenters. The number of nitrogens with one attached hydrogen (secondary N) is 1. The fourth-order valence-corrected chi connectivity index (χ4v) is 3.80. The van der Waals surface area contributed by atoms with Crippen molar-refractivity contribution in [3.8, 4) is 11.5 Å². The maximum absolute atomic E-state index is 12.9. The molecular weight excluding hydrogens is 330 g/mol. The molecule has 7 nitrogen and oxygen atoms in total. The van der Waals surface area contributed by atoms with Crippen LogP contribution in [0.2, 0.25) is 0 Å². The van der Waals surface area contributed by atoms with Crippen molar-refractivity contribution in [2.75, 3.05) is 19.6 Å². The quantitative estimate of drug-likeness (QED) is 0.897. The van der Waals surface area contributed by atoms with Crippen LogP contribution in [0, 0.1) is 0 Å². The molecule has 1 saturated heterocycles. The first kappa shape index (κ1) is 16.9. The van der Waals surface area contributed by atoms with Crippen LogP contribution in [0.3, 0.4) is 0 Å². The molecule has 7 heteroatoms. The molecule has 4 heterocycles. The molecule has 2 aromatic rings. The summed E-state index contributed by atoms with van der Waals surface area (Å²) in [5, 5.41) is 0. The molecule has 1 N–H and O–H groups in total. The molecule has 1 atom stereocenters. The van der Waals surface area contributed by atoms with E-state index in [1.807, 2.05) is 30.0 Å². The van der Waals surface area contributed by atoms with Gasteiger partial charge in [0.2, 0.25) is 5.91 Å². The smallest absolute Gasteiger partial charge is 0.254 e. The Kier molecular flexibility index (Phi) is 4.55. The van der Waals surface area contributed by atoms with E-state index in [1.54, 1.807) is 6.20 Å². The van der Waals surface area contributed by atoms with E-state index in [-0.39, 0.29) is 17.5 Å². The zero-order valence-electron chi connectivity index (χ0n) is 14.9. The Bertz CT molecular complexity index is 858. The maximum atomic E-state index is 12.9. The number of rotatable bonds is 3. The number of hydrogen-bond donors (Lipinski definition) is 1. The van der Waals surface area contributed by atoms with E-state index in [4.69, 9.17) is 0 Å². The van der Waals surface area contributed by atoms with Crippen molar-refractivity contribution >= 4 is 5.91 Å². The molecule has 2 aliphatic rings. The van der Waals surface area contributed by atoms with Crippen molar-refractivity contribution in [3.63, 3.8) is 0 Å². The van der Waals surface area contributed by atoms with E-state index in [9.17, 15) is 9.59 Å². The Morgan fingerprint density at radius 1 is 1.23 bits per heavy atom. The summed E-state index contributed by atoms with van der Waals surface area (Å²) in [6.45, 7) is 4.90. The van der Waals surface area contributed by atoms with Gasteiger partial charge in [-0.15, -0.1) is 0 Å². The number of aromatic nitrogens is 3. The molecule has 0 aromatic carbocycles. The number of nitrogens with zero attached hydrogens (tertiary/aromatic N) is 4. The summed E-state index contributed by atoms with van der Waals surface area (Å²) in [5.41, 5.74) is 1.86. The van der Waals surface area contributed by atoms with Crippen LogP contribution in [0.15, 0.2) is 29.2 Å². The SMILES string of the molecule is C[C@@H](C(=O)N1CCc2c(nc(-c3ccccn3)[nH]c2=O)C1)N1CCCC1. The predicted molar refractivity (Wildman–Crippen MR) is 97.5 cm³/mol. The number of amides is 1. The molecule has 0 aliphatic carbocycles. The Morgan fingerprint density at radius 2 is 2.04 bits per heavy atom. The van der Waals surface area contributed by atoms with E-state index in [2.05, 4.69) is 19.9 Å². The van der Waals surface area contributed by atoms with Gasteiger partial charge in [0.25, 0.3) is 5.56 Å². The highest BCUT2D eigenvalue weighted by Crippen LogP contribution is 2.20. The second kappa shape index (κ2) is 6.99. The lowest BCUT2D eigenvalue weighted by Crippen LogP contribution is -2.48. The first-order chi connectivity index (χ1) is 12.6. The fourth-order valence-electron chi connectivity index (χ4n) is 3.80. The molecule has 26 heavy (non-hydrogen) atoms. The number of pyridine rings is 1. The van der Waals surface area contributed by atoms with Crippen LogP contribution in [0.5, 0.6) is 0 Å². The van der Waals surface area contributed by atoms with Crippen molar-refractivity contribution < 1.29 is 4.79 Å². The maximum Gasteiger partial charge on any atom is 0.254 e. The minimum absolute atomic E-state index is 0.115. The second-order valence-corrected chi connectivity index (χ2v) is 6.98. The van der Waals surface area contributed by atoms with Crippen molar-refractivity contribution in [1.29, 1.82) is 0 Å².